The lowest BCUT2D eigenvalue weighted by atomic mass is 10.0. The molecule has 0 fully saturated rings. The zero-order chi connectivity index (χ0) is 15.6. The van der Waals surface area contributed by atoms with E-state index in [1.165, 1.54) is 0 Å². The molecule has 0 spiro atoms. The van der Waals surface area contributed by atoms with E-state index in [4.69, 9.17) is 0 Å². The molecular formula is C15H22BrN5. The quantitative estimate of drug-likeness (QED) is 0.897. The van der Waals surface area contributed by atoms with Gasteiger partial charge in [-0.15, -0.1) is 0 Å². The normalized spacial score (nSPS) is 12.9. The van der Waals surface area contributed by atoms with E-state index in [-0.39, 0.29) is 6.04 Å². The number of rotatable bonds is 5. The van der Waals surface area contributed by atoms with Gasteiger partial charge >= 0.3 is 0 Å². The molecule has 1 atom stereocenters. The Balaban J connectivity index is 2.59. The Kier molecular flexibility index (Phi) is 5.11. The van der Waals surface area contributed by atoms with Crippen LogP contribution in [0.5, 0.6) is 0 Å². The number of hydrogen-bond acceptors (Lipinski definition) is 4. The van der Waals surface area contributed by atoms with Crippen molar-refractivity contribution < 1.29 is 0 Å². The molecule has 0 saturated carbocycles. The van der Waals surface area contributed by atoms with Gasteiger partial charge in [-0.1, -0.05) is 6.92 Å². The van der Waals surface area contributed by atoms with Crippen LogP contribution >= 0.6 is 15.9 Å². The highest BCUT2D eigenvalue weighted by Gasteiger charge is 2.24. The summed E-state index contributed by atoms with van der Waals surface area (Å²) in [6.07, 6.45) is 1.86. The van der Waals surface area contributed by atoms with Crippen LogP contribution in [0, 0.1) is 13.8 Å². The third-order valence-corrected chi connectivity index (χ3v) is 4.02. The minimum atomic E-state index is 0.0449. The summed E-state index contributed by atoms with van der Waals surface area (Å²) in [5, 5.41) is 16.4. The molecule has 0 saturated heterocycles. The van der Waals surface area contributed by atoms with Gasteiger partial charge in [0.05, 0.1) is 33.8 Å². The van der Waals surface area contributed by atoms with Gasteiger partial charge in [-0.3, -0.25) is 4.68 Å². The van der Waals surface area contributed by atoms with E-state index in [9.17, 15) is 0 Å². The van der Waals surface area contributed by atoms with Crippen molar-refractivity contribution in [3.05, 3.63) is 39.4 Å². The monoisotopic (exact) mass is 351 g/mol. The van der Waals surface area contributed by atoms with Crippen LogP contribution in [-0.4, -0.2) is 26.5 Å². The summed E-state index contributed by atoms with van der Waals surface area (Å²) in [4.78, 5) is 0. The Labute approximate surface area is 134 Å². The Morgan fingerprint density at radius 3 is 2.62 bits per heavy atom. The van der Waals surface area contributed by atoms with Crippen molar-refractivity contribution in [3.63, 3.8) is 0 Å². The number of hydrogen-bond donors (Lipinski definition) is 1. The zero-order valence-electron chi connectivity index (χ0n) is 13.2. The number of nitrogens with zero attached hydrogens (tertiary/aromatic N) is 4. The average Bonchev–Trinajstić information content (AvgIpc) is 2.81. The van der Waals surface area contributed by atoms with Crippen LogP contribution in [0.3, 0.4) is 0 Å². The Bertz CT molecular complexity index is 621. The first-order valence-electron chi connectivity index (χ1n) is 7.22. The van der Waals surface area contributed by atoms with E-state index in [0.29, 0.717) is 6.04 Å². The predicted molar refractivity (Wildman–Crippen MR) is 87.3 cm³/mol. The summed E-state index contributed by atoms with van der Waals surface area (Å²) in [5.74, 6) is 0. The molecule has 0 aliphatic heterocycles. The molecule has 1 N–H and O–H groups in total. The molecule has 5 nitrogen and oxygen atoms in total. The molecule has 0 aliphatic carbocycles. The lowest BCUT2D eigenvalue weighted by molar-refractivity contribution is 0.473. The van der Waals surface area contributed by atoms with Crippen LogP contribution in [0.1, 0.15) is 55.5 Å². The molecule has 2 rings (SSSR count). The van der Waals surface area contributed by atoms with Crippen molar-refractivity contribution in [2.24, 2.45) is 0 Å². The molecule has 0 bridgehead atoms. The van der Waals surface area contributed by atoms with Crippen molar-refractivity contribution in [2.45, 2.75) is 46.7 Å². The topological polar surface area (TPSA) is 55.6 Å². The largest absolute Gasteiger partial charge is 0.305 e. The minimum absolute atomic E-state index is 0.0449. The summed E-state index contributed by atoms with van der Waals surface area (Å²) >= 11 is 3.64. The van der Waals surface area contributed by atoms with Crippen LogP contribution in [-0.2, 0) is 0 Å². The molecular weight excluding hydrogens is 330 g/mol. The van der Waals surface area contributed by atoms with E-state index in [0.717, 1.165) is 33.7 Å². The molecule has 2 aromatic heterocycles. The molecule has 1 unspecified atom stereocenters. The Morgan fingerprint density at radius 2 is 2.00 bits per heavy atom. The number of aromatic nitrogens is 4. The van der Waals surface area contributed by atoms with Gasteiger partial charge in [0.1, 0.15) is 0 Å². The number of nitrogens with one attached hydrogen (secondary N) is 1. The summed E-state index contributed by atoms with van der Waals surface area (Å²) in [7, 11) is 0. The minimum Gasteiger partial charge on any atom is -0.305 e. The zero-order valence-corrected chi connectivity index (χ0v) is 14.8. The van der Waals surface area contributed by atoms with Gasteiger partial charge in [0.2, 0.25) is 0 Å². The summed E-state index contributed by atoms with van der Waals surface area (Å²) in [5.41, 5.74) is 4.13. The van der Waals surface area contributed by atoms with Crippen LogP contribution in [0.15, 0.2) is 16.7 Å². The smallest absolute Gasteiger partial charge is 0.0778 e. The van der Waals surface area contributed by atoms with Crippen LogP contribution in [0.2, 0.25) is 0 Å². The summed E-state index contributed by atoms with van der Waals surface area (Å²) in [6, 6.07) is 2.44. The van der Waals surface area contributed by atoms with Crippen LogP contribution in [0.25, 0.3) is 0 Å². The van der Waals surface area contributed by atoms with Gasteiger partial charge in [0, 0.05) is 11.6 Å². The summed E-state index contributed by atoms with van der Waals surface area (Å²) in [6.45, 7) is 11.2. The fourth-order valence-electron chi connectivity index (χ4n) is 2.45. The third kappa shape index (κ3) is 3.32. The first-order valence-corrected chi connectivity index (χ1v) is 8.02. The molecule has 0 aromatic carbocycles. The predicted octanol–water partition coefficient (Wildman–Crippen LogP) is 3.33. The van der Waals surface area contributed by atoms with Crippen molar-refractivity contribution in [1.82, 2.24) is 25.3 Å². The Morgan fingerprint density at radius 1 is 1.29 bits per heavy atom. The van der Waals surface area contributed by atoms with E-state index in [2.05, 4.69) is 63.4 Å². The Hall–Kier alpha value is -1.27. The maximum absolute atomic E-state index is 4.49. The van der Waals surface area contributed by atoms with Crippen molar-refractivity contribution >= 4 is 15.9 Å². The van der Waals surface area contributed by atoms with Gasteiger partial charge in [0.25, 0.3) is 0 Å². The van der Waals surface area contributed by atoms with Gasteiger partial charge in [-0.05, 0) is 56.2 Å². The molecule has 6 heteroatoms. The lowest BCUT2D eigenvalue weighted by Crippen LogP contribution is -2.27. The standard InChI is InChI=1S/C15H22BrN5/c1-6-17-14(12-7-10(4)19-20-11(12)5)15-13(16)8-18-21(15)9(2)3/h7-9,14,17H,6H2,1-5H3. The highest BCUT2D eigenvalue weighted by Crippen LogP contribution is 2.31. The second kappa shape index (κ2) is 6.66. The van der Waals surface area contributed by atoms with E-state index in [1.54, 1.807) is 0 Å². The SMILES string of the molecule is CCNC(c1cc(C)nnc1C)c1c(Br)cnn1C(C)C. The summed E-state index contributed by atoms with van der Waals surface area (Å²) < 4.78 is 3.06. The molecule has 114 valence electrons. The highest BCUT2D eigenvalue weighted by atomic mass is 79.9. The van der Waals surface area contributed by atoms with Gasteiger partial charge < -0.3 is 5.32 Å². The van der Waals surface area contributed by atoms with Crippen LogP contribution in [0.4, 0.5) is 0 Å². The second-order valence-electron chi connectivity index (χ2n) is 5.43. The average molecular weight is 352 g/mol. The van der Waals surface area contributed by atoms with Gasteiger partial charge in [-0.25, -0.2) is 0 Å². The van der Waals surface area contributed by atoms with E-state index in [1.807, 2.05) is 24.7 Å². The molecule has 0 aliphatic rings. The molecule has 0 radical (unpaired) electrons. The first-order chi connectivity index (χ1) is 9.95. The van der Waals surface area contributed by atoms with Crippen molar-refractivity contribution in [2.75, 3.05) is 6.54 Å². The van der Waals surface area contributed by atoms with Gasteiger partial charge in [-0.2, -0.15) is 15.3 Å². The maximum Gasteiger partial charge on any atom is 0.0778 e. The third-order valence-electron chi connectivity index (χ3n) is 3.41. The van der Waals surface area contributed by atoms with Gasteiger partial charge in [0.15, 0.2) is 0 Å². The molecule has 2 aromatic rings. The number of aryl methyl sites for hydroxylation is 2. The van der Waals surface area contributed by atoms with Crippen LogP contribution < -0.4 is 5.32 Å². The van der Waals surface area contributed by atoms with Crippen molar-refractivity contribution in [3.8, 4) is 0 Å². The molecule has 0 amide bonds. The molecule has 2 heterocycles. The highest BCUT2D eigenvalue weighted by molar-refractivity contribution is 9.10. The fourth-order valence-corrected chi connectivity index (χ4v) is 2.95. The lowest BCUT2D eigenvalue weighted by Gasteiger charge is -2.23. The van der Waals surface area contributed by atoms with E-state index >= 15 is 0 Å². The fraction of sp³-hybridized carbons (Fsp3) is 0.533. The van der Waals surface area contributed by atoms with Crippen molar-refractivity contribution in [1.29, 1.82) is 0 Å². The maximum atomic E-state index is 4.49. The second-order valence-corrected chi connectivity index (χ2v) is 6.29. The molecule has 21 heavy (non-hydrogen) atoms. The number of halogens is 1. The first kappa shape index (κ1) is 16.1. The van der Waals surface area contributed by atoms with E-state index < -0.39 is 0 Å².